The van der Waals surface area contributed by atoms with Crippen molar-refractivity contribution < 1.29 is 20.4 Å². The standard InChI is InChI=1S/C27H40O4/c1-19(9-7-11-22(4)18-28)8-6-10-20(2)14-25(29)15-21(3)12-13-24-17-26(30)16-23(5)27(24)31/h8,11-12,14,16-17,25,28-31H,6-7,9-10,13,15,18H2,1-5H3/b19-8+,20-14+,21-12+,22-11-. The highest BCUT2D eigenvalue weighted by Crippen LogP contribution is 2.28. The van der Waals surface area contributed by atoms with Gasteiger partial charge in [0, 0.05) is 5.56 Å². The largest absolute Gasteiger partial charge is 0.508 e. The topological polar surface area (TPSA) is 80.9 Å². The van der Waals surface area contributed by atoms with Crippen molar-refractivity contribution >= 4 is 0 Å². The van der Waals surface area contributed by atoms with E-state index in [0.29, 0.717) is 24.0 Å². The molecule has 0 spiro atoms. The number of aryl methyl sites for hydroxylation is 1. The lowest BCUT2D eigenvalue weighted by Crippen LogP contribution is -2.04. The molecule has 31 heavy (non-hydrogen) atoms. The van der Waals surface area contributed by atoms with Crippen LogP contribution in [0.25, 0.3) is 0 Å². The second kappa shape index (κ2) is 13.9. The van der Waals surface area contributed by atoms with Crippen molar-refractivity contribution in [1.82, 2.24) is 0 Å². The molecule has 0 amide bonds. The Morgan fingerprint density at radius 2 is 1.48 bits per heavy atom. The van der Waals surface area contributed by atoms with Gasteiger partial charge < -0.3 is 20.4 Å². The van der Waals surface area contributed by atoms with Crippen LogP contribution in [0, 0.1) is 6.92 Å². The summed E-state index contributed by atoms with van der Waals surface area (Å²) in [5, 5.41) is 39.2. The monoisotopic (exact) mass is 428 g/mol. The number of hydrogen-bond donors (Lipinski definition) is 4. The van der Waals surface area contributed by atoms with Crippen LogP contribution >= 0.6 is 0 Å². The maximum absolute atomic E-state index is 10.4. The molecule has 1 aromatic rings. The molecule has 0 aliphatic carbocycles. The van der Waals surface area contributed by atoms with Gasteiger partial charge in [0.15, 0.2) is 0 Å². The summed E-state index contributed by atoms with van der Waals surface area (Å²) < 4.78 is 0. The number of aliphatic hydroxyl groups is 2. The molecule has 0 saturated carbocycles. The van der Waals surface area contributed by atoms with Gasteiger partial charge in [-0.25, -0.2) is 0 Å². The molecule has 4 heteroatoms. The number of phenolic OH excluding ortho intramolecular Hbond substituents is 2. The molecule has 0 saturated heterocycles. The smallest absolute Gasteiger partial charge is 0.122 e. The Labute approximate surface area is 188 Å². The number of rotatable bonds is 12. The Bertz CT molecular complexity index is 828. The zero-order chi connectivity index (χ0) is 23.4. The first-order valence-electron chi connectivity index (χ1n) is 11.1. The number of aromatic hydroxyl groups is 2. The molecule has 4 nitrogen and oxygen atoms in total. The summed E-state index contributed by atoms with van der Waals surface area (Å²) >= 11 is 0. The van der Waals surface area contributed by atoms with Crippen molar-refractivity contribution in [3.63, 3.8) is 0 Å². The van der Waals surface area contributed by atoms with Crippen LogP contribution in [0.3, 0.4) is 0 Å². The minimum Gasteiger partial charge on any atom is -0.508 e. The van der Waals surface area contributed by atoms with E-state index in [1.165, 1.54) is 11.1 Å². The minimum atomic E-state index is -0.535. The van der Waals surface area contributed by atoms with E-state index in [1.54, 1.807) is 19.1 Å². The summed E-state index contributed by atoms with van der Waals surface area (Å²) in [7, 11) is 0. The first-order valence-corrected chi connectivity index (χ1v) is 11.1. The molecule has 0 aromatic heterocycles. The molecular formula is C27H40O4. The van der Waals surface area contributed by atoms with E-state index < -0.39 is 6.10 Å². The summed E-state index contributed by atoms with van der Waals surface area (Å²) in [5.41, 5.74) is 5.90. The van der Waals surface area contributed by atoms with Crippen molar-refractivity contribution in [2.45, 2.75) is 79.2 Å². The van der Waals surface area contributed by atoms with Crippen LogP contribution in [-0.2, 0) is 6.42 Å². The molecule has 172 valence electrons. The van der Waals surface area contributed by atoms with Crippen molar-refractivity contribution in [3.8, 4) is 11.5 Å². The normalized spacial score (nSPS) is 14.8. The number of benzene rings is 1. The van der Waals surface area contributed by atoms with Gasteiger partial charge in [-0.1, -0.05) is 46.6 Å². The van der Waals surface area contributed by atoms with Crippen molar-refractivity contribution in [2.24, 2.45) is 0 Å². The van der Waals surface area contributed by atoms with Gasteiger partial charge in [-0.15, -0.1) is 0 Å². The quantitative estimate of drug-likeness (QED) is 0.242. The summed E-state index contributed by atoms with van der Waals surface area (Å²) in [5.74, 6) is 0.358. The Hall–Kier alpha value is -2.30. The molecule has 1 atom stereocenters. The van der Waals surface area contributed by atoms with E-state index in [-0.39, 0.29) is 18.1 Å². The highest BCUT2D eigenvalue weighted by molar-refractivity contribution is 5.46. The molecule has 4 N–H and O–H groups in total. The fourth-order valence-corrected chi connectivity index (χ4v) is 3.41. The number of aliphatic hydroxyl groups excluding tert-OH is 2. The summed E-state index contributed by atoms with van der Waals surface area (Å²) in [6.45, 7) is 9.98. The SMILES string of the molecule is C/C(=C/CC/C(C)=C/CC/C(C)=C/C(O)C/C(C)=C/Cc1cc(O)cc(C)c1O)CO. The molecule has 1 rings (SSSR count). The Morgan fingerprint density at radius 3 is 2.13 bits per heavy atom. The van der Waals surface area contributed by atoms with Crippen LogP contribution in [0.15, 0.2) is 58.7 Å². The van der Waals surface area contributed by atoms with Crippen LogP contribution in [0.4, 0.5) is 0 Å². The molecule has 0 heterocycles. The van der Waals surface area contributed by atoms with E-state index >= 15 is 0 Å². The van der Waals surface area contributed by atoms with Crippen LogP contribution in [0.1, 0.15) is 70.9 Å². The molecule has 0 aliphatic rings. The average molecular weight is 429 g/mol. The first-order chi connectivity index (χ1) is 14.6. The number of hydrogen-bond acceptors (Lipinski definition) is 4. The van der Waals surface area contributed by atoms with E-state index in [4.69, 9.17) is 5.11 Å². The van der Waals surface area contributed by atoms with Gasteiger partial charge in [-0.2, -0.15) is 0 Å². The van der Waals surface area contributed by atoms with Crippen LogP contribution in [0.2, 0.25) is 0 Å². The van der Waals surface area contributed by atoms with Crippen molar-refractivity contribution in [3.05, 3.63) is 69.9 Å². The van der Waals surface area contributed by atoms with Crippen LogP contribution in [-0.4, -0.2) is 33.1 Å². The van der Waals surface area contributed by atoms with E-state index in [2.05, 4.69) is 19.1 Å². The molecule has 0 bridgehead atoms. The minimum absolute atomic E-state index is 0.127. The highest BCUT2D eigenvalue weighted by atomic mass is 16.3. The number of allylic oxidation sites excluding steroid dienone is 5. The second-order valence-corrected chi connectivity index (χ2v) is 8.65. The molecule has 0 fully saturated rings. The van der Waals surface area contributed by atoms with Crippen LogP contribution < -0.4 is 0 Å². The Kier molecular flexibility index (Phi) is 12.0. The Morgan fingerprint density at radius 1 is 0.871 bits per heavy atom. The molecule has 0 aliphatic heterocycles. The van der Waals surface area contributed by atoms with Gasteiger partial charge in [-0.05, 0) is 90.8 Å². The molecular weight excluding hydrogens is 388 g/mol. The van der Waals surface area contributed by atoms with E-state index in [0.717, 1.165) is 36.8 Å². The fraction of sp³-hybridized carbons (Fsp3) is 0.481. The summed E-state index contributed by atoms with van der Waals surface area (Å²) in [4.78, 5) is 0. The molecule has 1 unspecified atom stereocenters. The van der Waals surface area contributed by atoms with Gasteiger partial charge in [-0.3, -0.25) is 0 Å². The van der Waals surface area contributed by atoms with Gasteiger partial charge in [0.25, 0.3) is 0 Å². The average Bonchev–Trinajstić information content (AvgIpc) is 2.69. The van der Waals surface area contributed by atoms with Gasteiger partial charge in [0.05, 0.1) is 12.7 Å². The van der Waals surface area contributed by atoms with E-state index in [9.17, 15) is 15.3 Å². The van der Waals surface area contributed by atoms with Gasteiger partial charge in [0.1, 0.15) is 11.5 Å². The maximum atomic E-state index is 10.4. The first kappa shape index (κ1) is 26.7. The lowest BCUT2D eigenvalue weighted by atomic mass is 10.0. The third-order valence-electron chi connectivity index (χ3n) is 5.35. The summed E-state index contributed by atoms with van der Waals surface area (Å²) in [6.07, 6.45) is 12.6. The summed E-state index contributed by atoms with van der Waals surface area (Å²) in [6, 6.07) is 3.12. The van der Waals surface area contributed by atoms with Crippen molar-refractivity contribution in [1.29, 1.82) is 0 Å². The molecule has 0 radical (unpaired) electrons. The number of phenols is 2. The zero-order valence-corrected chi connectivity index (χ0v) is 19.8. The predicted octanol–water partition coefficient (Wildman–Crippen LogP) is 6.04. The third kappa shape index (κ3) is 11.0. The Balaban J connectivity index is 2.49. The third-order valence-corrected chi connectivity index (χ3v) is 5.35. The van der Waals surface area contributed by atoms with Crippen molar-refractivity contribution in [2.75, 3.05) is 6.61 Å². The second-order valence-electron chi connectivity index (χ2n) is 8.65. The van der Waals surface area contributed by atoms with Crippen LogP contribution in [0.5, 0.6) is 11.5 Å². The predicted molar refractivity (Wildman–Crippen MR) is 129 cm³/mol. The lowest BCUT2D eigenvalue weighted by molar-refractivity contribution is 0.222. The zero-order valence-electron chi connectivity index (χ0n) is 19.8. The van der Waals surface area contributed by atoms with E-state index in [1.807, 2.05) is 32.9 Å². The highest BCUT2D eigenvalue weighted by Gasteiger charge is 2.07. The van der Waals surface area contributed by atoms with Gasteiger partial charge >= 0.3 is 0 Å². The fourth-order valence-electron chi connectivity index (χ4n) is 3.41. The maximum Gasteiger partial charge on any atom is 0.122 e. The lowest BCUT2D eigenvalue weighted by Gasteiger charge is -2.10. The van der Waals surface area contributed by atoms with Gasteiger partial charge in [0.2, 0.25) is 0 Å². The molecule has 1 aromatic carbocycles.